The van der Waals surface area contributed by atoms with Crippen LogP contribution in [0.2, 0.25) is 0 Å². The van der Waals surface area contributed by atoms with Gasteiger partial charge in [0.05, 0.1) is 11.7 Å². The molecule has 3 rings (SSSR count). The Balaban J connectivity index is 1.59. The van der Waals surface area contributed by atoms with Gasteiger partial charge in [-0.3, -0.25) is 14.6 Å². The van der Waals surface area contributed by atoms with Gasteiger partial charge in [0.15, 0.2) is 6.61 Å². The third-order valence-corrected chi connectivity index (χ3v) is 3.93. The van der Waals surface area contributed by atoms with Gasteiger partial charge in [-0.15, -0.1) is 0 Å². The van der Waals surface area contributed by atoms with E-state index in [1.165, 1.54) is 0 Å². The van der Waals surface area contributed by atoms with Gasteiger partial charge < -0.3 is 15.0 Å². The molecule has 1 aromatic carbocycles. The number of carbonyl (C=O) groups excluding carboxylic acids is 2. The number of hydrogen-bond acceptors (Lipinski definition) is 4. The van der Waals surface area contributed by atoms with E-state index in [9.17, 15) is 9.59 Å². The van der Waals surface area contributed by atoms with E-state index in [1.807, 2.05) is 43.3 Å². The predicted octanol–water partition coefficient (Wildman–Crippen LogP) is 2.07. The largest absolute Gasteiger partial charge is 0.482 e. The van der Waals surface area contributed by atoms with Crippen molar-refractivity contribution in [3.05, 3.63) is 54.4 Å². The average Bonchev–Trinajstić information content (AvgIpc) is 2.61. The van der Waals surface area contributed by atoms with Gasteiger partial charge in [0.25, 0.3) is 5.91 Å². The standard InChI is InChI=1S/C18H19N3O3/c1-13(14-5-4-9-19-11-14)20-17(22)8-10-21-15-6-2-3-7-16(15)24-12-18(21)23/h2-7,9,11,13H,8,10,12H2,1H3,(H,20,22). The Kier molecular flexibility index (Phi) is 4.74. The molecule has 1 aliphatic heterocycles. The maximum absolute atomic E-state index is 12.2. The summed E-state index contributed by atoms with van der Waals surface area (Å²) in [6.07, 6.45) is 3.65. The summed E-state index contributed by atoms with van der Waals surface area (Å²) in [6.45, 7) is 2.24. The molecule has 0 spiro atoms. The first-order valence-corrected chi connectivity index (χ1v) is 7.86. The zero-order valence-electron chi connectivity index (χ0n) is 13.4. The molecule has 0 aliphatic carbocycles. The van der Waals surface area contributed by atoms with Crippen molar-refractivity contribution in [3.63, 3.8) is 0 Å². The number of carbonyl (C=O) groups is 2. The van der Waals surface area contributed by atoms with Crippen LogP contribution in [0.5, 0.6) is 5.75 Å². The maximum Gasteiger partial charge on any atom is 0.265 e. The molecule has 1 atom stereocenters. The Morgan fingerprint density at radius 2 is 2.17 bits per heavy atom. The summed E-state index contributed by atoms with van der Waals surface area (Å²) in [5, 5.41) is 2.93. The van der Waals surface area contributed by atoms with Crippen molar-refractivity contribution in [3.8, 4) is 5.75 Å². The molecule has 6 heteroatoms. The second kappa shape index (κ2) is 7.12. The number of nitrogens with one attached hydrogen (secondary N) is 1. The number of pyridine rings is 1. The summed E-state index contributed by atoms with van der Waals surface area (Å²) in [5.41, 5.74) is 1.65. The van der Waals surface area contributed by atoms with Gasteiger partial charge >= 0.3 is 0 Å². The fourth-order valence-electron chi connectivity index (χ4n) is 2.64. The fraction of sp³-hybridized carbons (Fsp3) is 0.278. The summed E-state index contributed by atoms with van der Waals surface area (Å²) in [6, 6.07) is 11.0. The topological polar surface area (TPSA) is 71.5 Å². The molecule has 2 heterocycles. The van der Waals surface area contributed by atoms with Gasteiger partial charge in [-0.25, -0.2) is 0 Å². The van der Waals surface area contributed by atoms with Crippen molar-refractivity contribution in [1.29, 1.82) is 0 Å². The second-order valence-electron chi connectivity index (χ2n) is 5.63. The zero-order chi connectivity index (χ0) is 16.9. The Labute approximate surface area is 140 Å². The van der Waals surface area contributed by atoms with Crippen LogP contribution in [-0.2, 0) is 9.59 Å². The lowest BCUT2D eigenvalue weighted by atomic mass is 10.1. The number of fused-ring (bicyclic) bond motifs is 1. The molecule has 0 bridgehead atoms. The van der Waals surface area contributed by atoms with E-state index in [4.69, 9.17) is 4.74 Å². The molecule has 1 aliphatic rings. The van der Waals surface area contributed by atoms with Gasteiger partial charge in [-0.05, 0) is 30.7 Å². The number of anilines is 1. The van der Waals surface area contributed by atoms with Crippen LogP contribution in [0.25, 0.3) is 0 Å². The molecule has 1 aromatic heterocycles. The molecule has 0 saturated carbocycles. The molecule has 6 nitrogen and oxygen atoms in total. The summed E-state index contributed by atoms with van der Waals surface area (Å²) in [4.78, 5) is 29.9. The Morgan fingerprint density at radius 3 is 2.96 bits per heavy atom. The van der Waals surface area contributed by atoms with Crippen LogP contribution in [-0.4, -0.2) is 29.9 Å². The van der Waals surface area contributed by atoms with Crippen LogP contribution in [0, 0.1) is 0 Å². The molecule has 2 amide bonds. The number of benzene rings is 1. The van der Waals surface area contributed by atoms with Crippen LogP contribution >= 0.6 is 0 Å². The Hall–Kier alpha value is -2.89. The van der Waals surface area contributed by atoms with E-state index < -0.39 is 0 Å². The van der Waals surface area contributed by atoms with E-state index in [2.05, 4.69) is 10.3 Å². The quantitative estimate of drug-likeness (QED) is 0.913. The third-order valence-electron chi connectivity index (χ3n) is 3.93. The number of amides is 2. The van der Waals surface area contributed by atoms with Crippen LogP contribution in [0.4, 0.5) is 5.69 Å². The minimum Gasteiger partial charge on any atom is -0.482 e. The summed E-state index contributed by atoms with van der Waals surface area (Å²) < 4.78 is 5.40. The second-order valence-corrected chi connectivity index (χ2v) is 5.63. The minimum atomic E-state index is -0.137. The van der Waals surface area contributed by atoms with Crippen LogP contribution < -0.4 is 15.0 Å². The number of ether oxygens (including phenoxy) is 1. The number of rotatable bonds is 5. The SMILES string of the molecule is CC(NC(=O)CCN1C(=O)COc2ccccc21)c1cccnc1. The van der Waals surface area contributed by atoms with Crippen molar-refractivity contribution in [2.75, 3.05) is 18.1 Å². The first-order chi connectivity index (χ1) is 11.6. The summed E-state index contributed by atoms with van der Waals surface area (Å²) in [5.74, 6) is 0.422. The van der Waals surface area contributed by atoms with E-state index in [1.54, 1.807) is 17.3 Å². The highest BCUT2D eigenvalue weighted by molar-refractivity contribution is 5.98. The van der Waals surface area contributed by atoms with Gasteiger partial charge in [-0.1, -0.05) is 18.2 Å². The van der Waals surface area contributed by atoms with Crippen LogP contribution in [0.15, 0.2) is 48.8 Å². The molecule has 1 unspecified atom stereocenters. The monoisotopic (exact) mass is 325 g/mol. The van der Waals surface area contributed by atoms with Crippen molar-refractivity contribution >= 4 is 17.5 Å². The summed E-state index contributed by atoms with van der Waals surface area (Å²) in [7, 11) is 0. The van der Waals surface area contributed by atoms with Gasteiger partial charge in [0.1, 0.15) is 5.75 Å². The van der Waals surface area contributed by atoms with Gasteiger partial charge in [0, 0.05) is 25.4 Å². The number of para-hydroxylation sites is 2. The first-order valence-electron chi connectivity index (χ1n) is 7.86. The lowest BCUT2D eigenvalue weighted by molar-refractivity contribution is -0.122. The Bertz CT molecular complexity index is 733. The van der Waals surface area contributed by atoms with Gasteiger partial charge in [0.2, 0.25) is 5.91 Å². The normalized spacial score (nSPS) is 14.5. The minimum absolute atomic E-state index is 0.00468. The molecule has 1 N–H and O–H groups in total. The van der Waals surface area contributed by atoms with E-state index >= 15 is 0 Å². The fourth-order valence-corrected chi connectivity index (χ4v) is 2.64. The van der Waals surface area contributed by atoms with Crippen molar-refractivity contribution in [2.24, 2.45) is 0 Å². The molecule has 0 saturated heterocycles. The molecule has 0 radical (unpaired) electrons. The van der Waals surface area contributed by atoms with Crippen molar-refractivity contribution in [1.82, 2.24) is 10.3 Å². The molecular weight excluding hydrogens is 306 g/mol. The maximum atomic E-state index is 12.2. The Morgan fingerprint density at radius 1 is 1.33 bits per heavy atom. The average molecular weight is 325 g/mol. The number of hydrogen-bond donors (Lipinski definition) is 1. The number of nitrogens with zero attached hydrogens (tertiary/aromatic N) is 2. The molecule has 24 heavy (non-hydrogen) atoms. The highest BCUT2D eigenvalue weighted by Gasteiger charge is 2.25. The lowest BCUT2D eigenvalue weighted by Crippen LogP contribution is -2.41. The molecule has 124 valence electrons. The highest BCUT2D eigenvalue weighted by atomic mass is 16.5. The molecule has 2 aromatic rings. The number of aromatic nitrogens is 1. The van der Waals surface area contributed by atoms with E-state index in [-0.39, 0.29) is 30.9 Å². The molecular formula is C18H19N3O3. The molecule has 0 fully saturated rings. The van der Waals surface area contributed by atoms with Crippen molar-refractivity contribution < 1.29 is 14.3 Å². The lowest BCUT2D eigenvalue weighted by Gasteiger charge is -2.29. The highest BCUT2D eigenvalue weighted by Crippen LogP contribution is 2.31. The zero-order valence-corrected chi connectivity index (χ0v) is 13.4. The van der Waals surface area contributed by atoms with Gasteiger partial charge in [-0.2, -0.15) is 0 Å². The van der Waals surface area contributed by atoms with E-state index in [0.29, 0.717) is 18.0 Å². The third kappa shape index (κ3) is 3.53. The smallest absolute Gasteiger partial charge is 0.265 e. The predicted molar refractivity (Wildman–Crippen MR) is 89.7 cm³/mol. The first kappa shape index (κ1) is 16.0. The summed E-state index contributed by atoms with van der Waals surface area (Å²) >= 11 is 0. The van der Waals surface area contributed by atoms with E-state index in [0.717, 1.165) is 5.56 Å². The van der Waals surface area contributed by atoms with Crippen LogP contribution in [0.3, 0.4) is 0 Å². The van der Waals surface area contributed by atoms with Crippen LogP contribution in [0.1, 0.15) is 24.9 Å². The van der Waals surface area contributed by atoms with Crippen molar-refractivity contribution in [2.45, 2.75) is 19.4 Å².